The van der Waals surface area contributed by atoms with Crippen LogP contribution in [-0.2, 0) is 6.42 Å². The molecule has 3 aromatic carbocycles. The number of aliphatic hydroxyl groups is 2. The Bertz CT molecular complexity index is 927. The first-order valence-electron chi connectivity index (χ1n) is 10.2. The number of aromatic hydroxyl groups is 1. The monoisotopic (exact) mass is 547 g/mol. The van der Waals surface area contributed by atoms with Crippen molar-refractivity contribution >= 4 is 31.9 Å². The van der Waals surface area contributed by atoms with E-state index in [2.05, 4.69) is 43.7 Å². The first-order valence-corrected chi connectivity index (χ1v) is 11.8. The Hall–Kier alpha value is -1.70. The molecule has 2 unspecified atom stereocenters. The van der Waals surface area contributed by atoms with Crippen molar-refractivity contribution in [2.24, 2.45) is 0 Å². The summed E-state index contributed by atoms with van der Waals surface area (Å²) in [5.41, 5.74) is 2.74. The third-order valence-electron chi connectivity index (χ3n) is 5.37. The van der Waals surface area contributed by atoms with Crippen LogP contribution in [0.1, 0.15) is 35.8 Å². The number of benzene rings is 3. The van der Waals surface area contributed by atoms with Gasteiger partial charge in [0.15, 0.2) is 0 Å². The van der Waals surface area contributed by atoms with Crippen LogP contribution in [-0.4, -0.2) is 39.4 Å². The summed E-state index contributed by atoms with van der Waals surface area (Å²) in [5, 5.41) is 31.4. The highest BCUT2D eigenvalue weighted by Gasteiger charge is 2.23. The molecule has 0 aliphatic rings. The summed E-state index contributed by atoms with van der Waals surface area (Å²) in [7, 11) is 0. The number of aliphatic hydroxyl groups excluding tert-OH is 2. The van der Waals surface area contributed by atoms with Gasteiger partial charge in [-0.15, -0.1) is 0 Å². The molecule has 0 bridgehead atoms. The third kappa shape index (κ3) is 7.16. The van der Waals surface area contributed by atoms with Gasteiger partial charge in [-0.1, -0.05) is 68.3 Å². The van der Waals surface area contributed by atoms with Gasteiger partial charge in [-0.3, -0.25) is 4.90 Å². The minimum atomic E-state index is -0.686. The molecule has 0 radical (unpaired) electrons. The number of rotatable bonds is 9. The summed E-state index contributed by atoms with van der Waals surface area (Å²) in [6.07, 6.45) is -0.639. The molecule has 0 aliphatic heterocycles. The van der Waals surface area contributed by atoms with E-state index in [0.717, 1.165) is 32.1 Å². The largest absolute Gasteiger partial charge is 0.508 e. The van der Waals surface area contributed by atoms with Crippen LogP contribution in [0.15, 0.2) is 81.7 Å². The lowest BCUT2D eigenvalue weighted by Crippen LogP contribution is -2.40. The SMILES string of the molecule is C[C@H](Cc1ccc(O)cc1)N(CC(O)c1cccc(Br)c1)CC(O)c1cccc(Br)c1. The van der Waals surface area contributed by atoms with Crippen molar-refractivity contribution in [1.82, 2.24) is 4.90 Å². The van der Waals surface area contributed by atoms with E-state index in [9.17, 15) is 15.3 Å². The highest BCUT2D eigenvalue weighted by Crippen LogP contribution is 2.24. The van der Waals surface area contributed by atoms with Crippen LogP contribution in [0.5, 0.6) is 5.75 Å². The summed E-state index contributed by atoms with van der Waals surface area (Å²) in [4.78, 5) is 2.12. The summed E-state index contributed by atoms with van der Waals surface area (Å²) in [6.45, 7) is 2.87. The van der Waals surface area contributed by atoms with Gasteiger partial charge < -0.3 is 15.3 Å². The number of hydrogen-bond donors (Lipinski definition) is 3. The van der Waals surface area contributed by atoms with Crippen molar-refractivity contribution in [3.8, 4) is 5.75 Å². The Morgan fingerprint density at radius 3 is 1.71 bits per heavy atom. The van der Waals surface area contributed by atoms with Gasteiger partial charge >= 0.3 is 0 Å². The Kier molecular flexibility index (Phi) is 8.69. The normalized spacial score (nSPS) is 14.4. The quantitative estimate of drug-likeness (QED) is 0.325. The van der Waals surface area contributed by atoms with Gasteiger partial charge in [0.25, 0.3) is 0 Å². The summed E-state index contributed by atoms with van der Waals surface area (Å²) < 4.78 is 1.84. The lowest BCUT2D eigenvalue weighted by Gasteiger charge is -2.33. The first-order chi connectivity index (χ1) is 14.8. The van der Waals surface area contributed by atoms with Gasteiger partial charge in [0.05, 0.1) is 12.2 Å². The molecule has 0 spiro atoms. The summed E-state index contributed by atoms with van der Waals surface area (Å²) in [5.74, 6) is 0.239. The number of halogens is 2. The minimum absolute atomic E-state index is 0.0631. The zero-order valence-corrected chi connectivity index (χ0v) is 20.5. The Morgan fingerprint density at radius 2 is 1.26 bits per heavy atom. The number of hydrogen-bond acceptors (Lipinski definition) is 4. The lowest BCUT2D eigenvalue weighted by molar-refractivity contribution is 0.0480. The van der Waals surface area contributed by atoms with E-state index in [-0.39, 0.29) is 11.8 Å². The molecule has 3 atom stereocenters. The fraction of sp³-hybridized carbons (Fsp3) is 0.280. The molecule has 0 aliphatic carbocycles. The zero-order chi connectivity index (χ0) is 22.4. The molecule has 0 heterocycles. The van der Waals surface area contributed by atoms with Crippen LogP contribution in [0.3, 0.4) is 0 Å². The molecule has 3 aromatic rings. The van der Waals surface area contributed by atoms with Gasteiger partial charge in [0.1, 0.15) is 5.75 Å². The molecule has 0 saturated heterocycles. The Balaban J connectivity index is 1.78. The van der Waals surface area contributed by atoms with Crippen LogP contribution >= 0.6 is 31.9 Å². The van der Waals surface area contributed by atoms with E-state index in [1.54, 1.807) is 12.1 Å². The van der Waals surface area contributed by atoms with Crippen molar-refractivity contribution in [1.29, 1.82) is 0 Å². The Labute approximate surface area is 200 Å². The maximum Gasteiger partial charge on any atom is 0.115 e. The average molecular weight is 549 g/mol. The number of phenols is 1. The molecule has 6 heteroatoms. The molecule has 3 N–H and O–H groups in total. The van der Waals surface area contributed by atoms with Crippen molar-refractivity contribution in [2.45, 2.75) is 31.6 Å². The maximum atomic E-state index is 10.9. The fourth-order valence-corrected chi connectivity index (χ4v) is 4.45. The number of nitrogens with zero attached hydrogens (tertiary/aromatic N) is 1. The second-order valence-electron chi connectivity index (χ2n) is 7.82. The second-order valence-corrected chi connectivity index (χ2v) is 9.65. The minimum Gasteiger partial charge on any atom is -0.508 e. The van der Waals surface area contributed by atoms with Crippen LogP contribution < -0.4 is 0 Å². The van der Waals surface area contributed by atoms with Crippen LogP contribution in [0.2, 0.25) is 0 Å². The average Bonchev–Trinajstić information content (AvgIpc) is 2.74. The second kappa shape index (κ2) is 11.2. The molecule has 4 nitrogen and oxygen atoms in total. The van der Waals surface area contributed by atoms with Crippen LogP contribution in [0.25, 0.3) is 0 Å². The Morgan fingerprint density at radius 1 is 0.774 bits per heavy atom. The van der Waals surface area contributed by atoms with Crippen molar-refractivity contribution in [2.75, 3.05) is 13.1 Å². The topological polar surface area (TPSA) is 63.9 Å². The van der Waals surface area contributed by atoms with E-state index < -0.39 is 12.2 Å². The van der Waals surface area contributed by atoms with E-state index in [1.165, 1.54) is 0 Å². The standard InChI is InChI=1S/C25H27Br2NO3/c1-17(12-18-8-10-23(29)11-9-18)28(15-24(30)19-4-2-6-21(26)13-19)16-25(31)20-5-3-7-22(27)14-20/h2-11,13-14,17,24-25,29-31H,12,15-16H2,1H3/t17-,24?,25?/m1/s1. The molecular formula is C25H27Br2NO3. The van der Waals surface area contributed by atoms with Gasteiger partial charge in [-0.2, -0.15) is 0 Å². The lowest BCUT2D eigenvalue weighted by atomic mass is 10.0. The highest BCUT2D eigenvalue weighted by molar-refractivity contribution is 9.10. The van der Waals surface area contributed by atoms with Crippen molar-refractivity contribution in [3.63, 3.8) is 0 Å². The molecule has 0 aromatic heterocycles. The first kappa shape index (κ1) is 24.0. The van der Waals surface area contributed by atoms with Gasteiger partial charge in [0, 0.05) is 28.1 Å². The van der Waals surface area contributed by atoms with Gasteiger partial charge in [-0.25, -0.2) is 0 Å². The highest BCUT2D eigenvalue weighted by atomic mass is 79.9. The zero-order valence-electron chi connectivity index (χ0n) is 17.3. The predicted molar refractivity (Wildman–Crippen MR) is 131 cm³/mol. The summed E-state index contributed by atoms with van der Waals surface area (Å²) >= 11 is 6.93. The third-order valence-corrected chi connectivity index (χ3v) is 6.36. The molecule has 0 fully saturated rings. The molecular weight excluding hydrogens is 522 g/mol. The van der Waals surface area contributed by atoms with Crippen LogP contribution in [0, 0.1) is 0 Å². The molecule has 31 heavy (non-hydrogen) atoms. The van der Waals surface area contributed by atoms with E-state index in [0.29, 0.717) is 13.1 Å². The van der Waals surface area contributed by atoms with Gasteiger partial charge in [0.2, 0.25) is 0 Å². The number of phenolic OH excluding ortho intramolecular Hbond substituents is 1. The van der Waals surface area contributed by atoms with E-state index in [1.807, 2.05) is 60.7 Å². The van der Waals surface area contributed by atoms with Gasteiger partial charge in [-0.05, 0) is 66.4 Å². The molecule has 0 saturated carbocycles. The summed E-state index contributed by atoms with van der Waals surface area (Å²) in [6, 6.07) is 22.5. The predicted octanol–water partition coefficient (Wildman–Crippen LogP) is 5.62. The van der Waals surface area contributed by atoms with Crippen LogP contribution in [0.4, 0.5) is 0 Å². The fourth-order valence-electron chi connectivity index (χ4n) is 3.62. The smallest absolute Gasteiger partial charge is 0.115 e. The molecule has 0 amide bonds. The molecule has 164 valence electrons. The van der Waals surface area contributed by atoms with E-state index >= 15 is 0 Å². The van der Waals surface area contributed by atoms with Crippen molar-refractivity contribution in [3.05, 3.63) is 98.4 Å². The van der Waals surface area contributed by atoms with E-state index in [4.69, 9.17) is 0 Å². The maximum absolute atomic E-state index is 10.9. The molecule has 3 rings (SSSR count). The van der Waals surface area contributed by atoms with Crippen molar-refractivity contribution < 1.29 is 15.3 Å².